The Hall–Kier alpha value is -2.49. The van der Waals surface area contributed by atoms with E-state index in [4.69, 9.17) is 5.73 Å². The summed E-state index contributed by atoms with van der Waals surface area (Å²) < 4.78 is 0. The lowest BCUT2D eigenvalue weighted by Gasteiger charge is -2.23. The summed E-state index contributed by atoms with van der Waals surface area (Å²) >= 11 is 0. The molecule has 0 fully saturated rings. The molecular formula is C16H16N2O2. The van der Waals surface area contributed by atoms with E-state index in [0.717, 1.165) is 17.7 Å². The molecule has 1 aliphatic rings. The molecule has 1 unspecified atom stereocenters. The van der Waals surface area contributed by atoms with Crippen molar-refractivity contribution in [2.45, 2.75) is 19.4 Å². The van der Waals surface area contributed by atoms with Crippen LogP contribution in [-0.2, 0) is 6.42 Å². The van der Waals surface area contributed by atoms with Crippen molar-refractivity contribution < 1.29 is 9.90 Å². The minimum absolute atomic E-state index is 0.00796. The van der Waals surface area contributed by atoms with Crippen LogP contribution in [0.15, 0.2) is 42.5 Å². The largest absolute Gasteiger partial charge is 0.507 e. The highest BCUT2D eigenvalue weighted by Crippen LogP contribution is 2.35. The Balaban J connectivity index is 2.04. The van der Waals surface area contributed by atoms with Crippen LogP contribution in [0, 0.1) is 0 Å². The van der Waals surface area contributed by atoms with Crippen molar-refractivity contribution in [1.82, 2.24) is 0 Å². The van der Waals surface area contributed by atoms with Crippen LogP contribution in [0.1, 0.15) is 22.8 Å². The normalized spacial score (nSPS) is 17.1. The quantitative estimate of drug-likeness (QED) is 0.781. The molecule has 0 aliphatic carbocycles. The zero-order valence-corrected chi connectivity index (χ0v) is 11.2. The van der Waals surface area contributed by atoms with E-state index in [9.17, 15) is 9.90 Å². The van der Waals surface area contributed by atoms with Crippen molar-refractivity contribution in [1.29, 1.82) is 0 Å². The third kappa shape index (κ3) is 1.90. The number of para-hydroxylation sites is 1. The second-order valence-corrected chi connectivity index (χ2v) is 5.13. The first kappa shape index (κ1) is 12.5. The second kappa shape index (κ2) is 4.56. The maximum atomic E-state index is 12.7. The first-order valence-corrected chi connectivity index (χ1v) is 6.58. The molecule has 20 heavy (non-hydrogen) atoms. The predicted molar refractivity (Wildman–Crippen MR) is 78.9 cm³/mol. The summed E-state index contributed by atoms with van der Waals surface area (Å²) in [5, 5.41) is 9.85. The van der Waals surface area contributed by atoms with Crippen LogP contribution in [-0.4, -0.2) is 17.1 Å². The monoisotopic (exact) mass is 268 g/mol. The van der Waals surface area contributed by atoms with Gasteiger partial charge in [0.05, 0.1) is 5.56 Å². The summed E-state index contributed by atoms with van der Waals surface area (Å²) in [4.78, 5) is 14.4. The molecule has 4 nitrogen and oxygen atoms in total. The third-order valence-corrected chi connectivity index (χ3v) is 3.67. The molecular weight excluding hydrogens is 252 g/mol. The topological polar surface area (TPSA) is 66.6 Å². The number of hydrogen-bond acceptors (Lipinski definition) is 3. The minimum Gasteiger partial charge on any atom is -0.507 e. The Morgan fingerprint density at radius 2 is 2.05 bits per heavy atom. The molecule has 0 saturated heterocycles. The molecule has 2 aromatic carbocycles. The van der Waals surface area contributed by atoms with Gasteiger partial charge in [0.25, 0.3) is 5.91 Å². The van der Waals surface area contributed by atoms with Gasteiger partial charge >= 0.3 is 0 Å². The molecule has 0 spiro atoms. The average molecular weight is 268 g/mol. The number of nitrogens with two attached hydrogens (primary N) is 1. The fourth-order valence-electron chi connectivity index (χ4n) is 2.74. The number of rotatable bonds is 1. The molecule has 1 atom stereocenters. The van der Waals surface area contributed by atoms with Crippen LogP contribution < -0.4 is 10.6 Å². The van der Waals surface area contributed by atoms with E-state index in [0.29, 0.717) is 11.3 Å². The van der Waals surface area contributed by atoms with Gasteiger partial charge in [0.1, 0.15) is 5.75 Å². The molecule has 1 amide bonds. The van der Waals surface area contributed by atoms with Crippen LogP contribution in [0.4, 0.5) is 11.4 Å². The number of nitrogen functional groups attached to an aromatic ring is 1. The molecule has 1 aliphatic heterocycles. The fraction of sp³-hybridized carbons (Fsp3) is 0.188. The molecule has 3 N–H and O–H groups in total. The van der Waals surface area contributed by atoms with E-state index in [1.807, 2.05) is 19.1 Å². The number of hydrogen-bond donors (Lipinski definition) is 2. The number of nitrogens with zero attached hydrogens (tertiary/aromatic N) is 1. The molecule has 0 radical (unpaired) electrons. The number of benzene rings is 2. The van der Waals surface area contributed by atoms with Crippen LogP contribution in [0.2, 0.25) is 0 Å². The Bertz CT molecular complexity index is 682. The first-order valence-electron chi connectivity index (χ1n) is 6.58. The molecule has 2 aromatic rings. The highest BCUT2D eigenvalue weighted by Gasteiger charge is 2.32. The van der Waals surface area contributed by atoms with Gasteiger partial charge in [-0.1, -0.05) is 12.1 Å². The van der Waals surface area contributed by atoms with Gasteiger partial charge in [-0.15, -0.1) is 0 Å². The molecule has 102 valence electrons. The van der Waals surface area contributed by atoms with Gasteiger partial charge in [-0.05, 0) is 49.2 Å². The molecule has 0 bridgehead atoms. The number of carbonyl (C=O) groups excluding carboxylic acids is 1. The van der Waals surface area contributed by atoms with E-state index in [1.165, 1.54) is 6.07 Å². The standard InChI is InChI=1S/C16H16N2O2/c1-10-8-11-9-12(17)6-7-14(11)18(10)16(20)13-4-2-3-5-15(13)19/h2-7,9-10,19H,8,17H2,1H3. The van der Waals surface area contributed by atoms with Gasteiger partial charge in [-0.2, -0.15) is 0 Å². The zero-order valence-electron chi connectivity index (χ0n) is 11.2. The van der Waals surface area contributed by atoms with Gasteiger partial charge in [0, 0.05) is 17.4 Å². The van der Waals surface area contributed by atoms with Crippen LogP contribution in [0.3, 0.4) is 0 Å². The van der Waals surface area contributed by atoms with E-state index in [2.05, 4.69) is 0 Å². The molecule has 0 saturated carbocycles. The molecule has 1 heterocycles. The molecule has 4 heteroatoms. The zero-order chi connectivity index (χ0) is 14.3. The molecule has 0 aromatic heterocycles. The van der Waals surface area contributed by atoms with Crippen molar-refractivity contribution in [3.63, 3.8) is 0 Å². The number of carbonyl (C=O) groups is 1. The average Bonchev–Trinajstić information content (AvgIpc) is 2.73. The smallest absolute Gasteiger partial charge is 0.262 e. The van der Waals surface area contributed by atoms with Gasteiger partial charge in [0.2, 0.25) is 0 Å². The number of amides is 1. The van der Waals surface area contributed by atoms with Crippen LogP contribution >= 0.6 is 0 Å². The predicted octanol–water partition coefficient (Wildman–Crippen LogP) is 2.57. The van der Waals surface area contributed by atoms with Crippen LogP contribution in [0.25, 0.3) is 0 Å². The Kier molecular flexibility index (Phi) is 2.86. The minimum atomic E-state index is -0.181. The summed E-state index contributed by atoms with van der Waals surface area (Å²) in [6.45, 7) is 1.99. The highest BCUT2D eigenvalue weighted by atomic mass is 16.3. The van der Waals surface area contributed by atoms with E-state index in [1.54, 1.807) is 29.2 Å². The van der Waals surface area contributed by atoms with E-state index < -0.39 is 0 Å². The van der Waals surface area contributed by atoms with Crippen molar-refractivity contribution in [3.05, 3.63) is 53.6 Å². The van der Waals surface area contributed by atoms with Crippen molar-refractivity contribution in [3.8, 4) is 5.75 Å². The number of phenols is 1. The molecule has 3 rings (SSSR count). The van der Waals surface area contributed by atoms with Gasteiger partial charge < -0.3 is 15.7 Å². The first-order chi connectivity index (χ1) is 9.58. The summed E-state index contributed by atoms with van der Waals surface area (Å²) in [5.74, 6) is -0.173. The lowest BCUT2D eigenvalue weighted by Crippen LogP contribution is -2.35. The van der Waals surface area contributed by atoms with E-state index >= 15 is 0 Å². The van der Waals surface area contributed by atoms with E-state index in [-0.39, 0.29) is 17.7 Å². The van der Waals surface area contributed by atoms with Crippen molar-refractivity contribution >= 4 is 17.3 Å². The number of phenolic OH excluding ortho intramolecular Hbond substituents is 1. The Morgan fingerprint density at radius 3 is 2.80 bits per heavy atom. The second-order valence-electron chi connectivity index (χ2n) is 5.13. The van der Waals surface area contributed by atoms with Crippen molar-refractivity contribution in [2.75, 3.05) is 10.6 Å². The number of aromatic hydroxyl groups is 1. The van der Waals surface area contributed by atoms with Crippen LogP contribution in [0.5, 0.6) is 5.75 Å². The van der Waals surface area contributed by atoms with Gasteiger partial charge in [-0.3, -0.25) is 4.79 Å². The Labute approximate surface area is 117 Å². The number of anilines is 2. The lowest BCUT2D eigenvalue weighted by atomic mass is 10.1. The van der Waals surface area contributed by atoms with Crippen molar-refractivity contribution in [2.24, 2.45) is 0 Å². The van der Waals surface area contributed by atoms with Gasteiger partial charge in [-0.25, -0.2) is 0 Å². The fourth-order valence-corrected chi connectivity index (χ4v) is 2.74. The highest BCUT2D eigenvalue weighted by molar-refractivity contribution is 6.09. The number of fused-ring (bicyclic) bond motifs is 1. The summed E-state index contributed by atoms with van der Waals surface area (Å²) in [7, 11) is 0. The SMILES string of the molecule is CC1Cc2cc(N)ccc2N1C(=O)c1ccccc1O. The maximum Gasteiger partial charge on any atom is 0.262 e. The Morgan fingerprint density at radius 1 is 1.30 bits per heavy atom. The van der Waals surface area contributed by atoms with Gasteiger partial charge in [0.15, 0.2) is 0 Å². The summed E-state index contributed by atoms with van der Waals surface area (Å²) in [5.41, 5.74) is 8.76. The lowest BCUT2D eigenvalue weighted by molar-refractivity contribution is 0.0979. The maximum absolute atomic E-state index is 12.7. The summed E-state index contributed by atoms with van der Waals surface area (Å²) in [6, 6.07) is 12.2. The third-order valence-electron chi connectivity index (χ3n) is 3.67. The summed E-state index contributed by atoms with van der Waals surface area (Å²) in [6.07, 6.45) is 0.777.